The van der Waals surface area contributed by atoms with Crippen LogP contribution in [0.3, 0.4) is 0 Å². The van der Waals surface area contributed by atoms with E-state index in [1.807, 2.05) is 0 Å². The lowest BCUT2D eigenvalue weighted by atomic mass is 10.0. The normalized spacial score (nSPS) is 12.6. The Balaban J connectivity index is 2.26. The van der Waals surface area contributed by atoms with Gasteiger partial charge in [-0.15, -0.1) is 11.3 Å². The van der Waals surface area contributed by atoms with E-state index in [1.54, 1.807) is 17.4 Å². The van der Waals surface area contributed by atoms with Gasteiger partial charge in [0, 0.05) is 21.9 Å². The van der Waals surface area contributed by atoms with Crippen LogP contribution in [0.5, 0.6) is 0 Å². The summed E-state index contributed by atoms with van der Waals surface area (Å²) in [5, 5.41) is 3.48. The van der Waals surface area contributed by atoms with Crippen molar-refractivity contribution in [3.05, 3.63) is 56.8 Å². The van der Waals surface area contributed by atoms with Crippen LogP contribution in [-0.4, -0.2) is 6.54 Å². The van der Waals surface area contributed by atoms with Crippen LogP contribution < -0.4 is 5.32 Å². The fraction of sp³-hybridized carbons (Fsp3) is 0.412. The zero-order valence-electron chi connectivity index (χ0n) is 12.7. The van der Waals surface area contributed by atoms with Gasteiger partial charge in [-0.05, 0) is 56.5 Å². The molecule has 2 rings (SSSR count). The second-order valence-corrected chi connectivity index (χ2v) is 6.64. The molecule has 0 aliphatic rings. The van der Waals surface area contributed by atoms with E-state index in [1.165, 1.54) is 21.4 Å². The van der Waals surface area contributed by atoms with Crippen molar-refractivity contribution in [2.24, 2.45) is 0 Å². The maximum atomic E-state index is 13.9. The lowest BCUT2D eigenvalue weighted by molar-refractivity contribution is 0.512. The highest BCUT2D eigenvalue weighted by atomic mass is 32.1. The predicted octanol–water partition coefficient (Wildman–Crippen LogP) is 4.93. The molecule has 1 atom stereocenters. The maximum Gasteiger partial charge on any atom is 0.129 e. The molecule has 0 saturated carbocycles. The second kappa shape index (κ2) is 7.14. The highest BCUT2D eigenvalue weighted by molar-refractivity contribution is 7.12. The van der Waals surface area contributed by atoms with E-state index in [4.69, 9.17) is 0 Å². The smallest absolute Gasteiger partial charge is 0.129 e. The largest absolute Gasteiger partial charge is 0.309 e. The fourth-order valence-electron chi connectivity index (χ4n) is 2.49. The highest BCUT2D eigenvalue weighted by Gasteiger charge is 2.18. The van der Waals surface area contributed by atoms with Crippen molar-refractivity contribution < 1.29 is 8.78 Å². The molecule has 0 saturated heterocycles. The Kier molecular flexibility index (Phi) is 5.48. The minimum Gasteiger partial charge on any atom is -0.309 e. The van der Waals surface area contributed by atoms with Gasteiger partial charge in [-0.25, -0.2) is 8.78 Å². The number of aryl methyl sites for hydroxylation is 2. The van der Waals surface area contributed by atoms with Gasteiger partial charge in [-0.1, -0.05) is 13.0 Å². The SMILES string of the molecule is CCCNC(Cc1ccc(F)cc1F)c1sc(C)cc1C. The Labute approximate surface area is 129 Å². The number of halogens is 2. The molecule has 1 nitrogen and oxygen atoms in total. The Morgan fingerprint density at radius 2 is 1.95 bits per heavy atom. The zero-order chi connectivity index (χ0) is 15.4. The van der Waals surface area contributed by atoms with E-state index in [-0.39, 0.29) is 6.04 Å². The Hall–Kier alpha value is -1.26. The number of benzene rings is 1. The summed E-state index contributed by atoms with van der Waals surface area (Å²) in [6.07, 6.45) is 1.55. The van der Waals surface area contributed by atoms with Crippen molar-refractivity contribution in [1.29, 1.82) is 0 Å². The lowest BCUT2D eigenvalue weighted by Crippen LogP contribution is -2.24. The molecule has 0 aliphatic heterocycles. The van der Waals surface area contributed by atoms with Crippen LogP contribution in [0, 0.1) is 25.5 Å². The Bertz CT molecular complexity index is 607. The van der Waals surface area contributed by atoms with Crippen LogP contribution in [0.1, 0.15) is 40.3 Å². The minimum absolute atomic E-state index is 0.0728. The van der Waals surface area contributed by atoms with E-state index in [2.05, 4.69) is 32.2 Å². The topological polar surface area (TPSA) is 12.0 Å². The minimum atomic E-state index is -0.530. The second-order valence-electron chi connectivity index (χ2n) is 5.35. The van der Waals surface area contributed by atoms with Gasteiger partial charge >= 0.3 is 0 Å². The molecule has 0 aliphatic carbocycles. The number of hydrogen-bond donors (Lipinski definition) is 1. The molecular weight excluding hydrogens is 288 g/mol. The van der Waals surface area contributed by atoms with Crippen molar-refractivity contribution in [2.45, 2.75) is 39.7 Å². The summed E-state index contributed by atoms with van der Waals surface area (Å²) in [5.41, 5.74) is 1.78. The first-order valence-corrected chi connectivity index (χ1v) is 8.07. The summed E-state index contributed by atoms with van der Waals surface area (Å²) >= 11 is 1.74. The van der Waals surface area contributed by atoms with E-state index in [0.717, 1.165) is 19.0 Å². The van der Waals surface area contributed by atoms with Crippen LogP contribution in [0.4, 0.5) is 8.78 Å². The molecule has 0 fully saturated rings. The fourth-order valence-corrected chi connectivity index (χ4v) is 3.60. The van der Waals surface area contributed by atoms with Crippen LogP contribution in [0.2, 0.25) is 0 Å². The summed E-state index contributed by atoms with van der Waals surface area (Å²) in [7, 11) is 0. The van der Waals surface area contributed by atoms with Crippen molar-refractivity contribution >= 4 is 11.3 Å². The van der Waals surface area contributed by atoms with Gasteiger partial charge < -0.3 is 5.32 Å². The van der Waals surface area contributed by atoms with Gasteiger partial charge in [0.15, 0.2) is 0 Å². The summed E-state index contributed by atoms with van der Waals surface area (Å²) in [6.45, 7) is 7.15. The summed E-state index contributed by atoms with van der Waals surface area (Å²) < 4.78 is 26.9. The number of nitrogens with one attached hydrogen (secondary N) is 1. The molecule has 0 spiro atoms. The average molecular weight is 309 g/mol. The molecule has 1 aromatic carbocycles. The quantitative estimate of drug-likeness (QED) is 0.798. The predicted molar refractivity (Wildman–Crippen MR) is 84.9 cm³/mol. The first-order valence-electron chi connectivity index (χ1n) is 7.25. The third-order valence-corrected chi connectivity index (χ3v) is 4.74. The zero-order valence-corrected chi connectivity index (χ0v) is 13.5. The molecule has 114 valence electrons. The monoisotopic (exact) mass is 309 g/mol. The molecule has 1 N–H and O–H groups in total. The van der Waals surface area contributed by atoms with Gasteiger partial charge in [-0.3, -0.25) is 0 Å². The van der Waals surface area contributed by atoms with E-state index in [9.17, 15) is 8.78 Å². The Morgan fingerprint density at radius 1 is 1.19 bits per heavy atom. The molecule has 2 aromatic rings. The van der Waals surface area contributed by atoms with Crippen molar-refractivity contribution in [2.75, 3.05) is 6.54 Å². The van der Waals surface area contributed by atoms with Crippen LogP contribution in [0.15, 0.2) is 24.3 Å². The van der Waals surface area contributed by atoms with Crippen LogP contribution in [-0.2, 0) is 6.42 Å². The maximum absolute atomic E-state index is 13.9. The molecule has 0 radical (unpaired) electrons. The molecule has 1 unspecified atom stereocenters. The average Bonchev–Trinajstić information content (AvgIpc) is 2.76. The van der Waals surface area contributed by atoms with Crippen molar-refractivity contribution in [3.8, 4) is 0 Å². The van der Waals surface area contributed by atoms with Gasteiger partial charge in [0.2, 0.25) is 0 Å². The number of thiophene rings is 1. The third-order valence-electron chi connectivity index (χ3n) is 3.48. The van der Waals surface area contributed by atoms with Crippen LogP contribution in [0.25, 0.3) is 0 Å². The molecule has 0 bridgehead atoms. The van der Waals surface area contributed by atoms with Gasteiger partial charge in [0.1, 0.15) is 11.6 Å². The first kappa shape index (κ1) is 16.1. The molecule has 1 aromatic heterocycles. The van der Waals surface area contributed by atoms with Gasteiger partial charge in [-0.2, -0.15) is 0 Å². The van der Waals surface area contributed by atoms with Crippen LogP contribution >= 0.6 is 11.3 Å². The summed E-state index contributed by atoms with van der Waals surface area (Å²) in [6, 6.07) is 6.05. The number of rotatable bonds is 6. The van der Waals surface area contributed by atoms with E-state index < -0.39 is 11.6 Å². The number of hydrogen-bond acceptors (Lipinski definition) is 2. The van der Waals surface area contributed by atoms with Gasteiger partial charge in [0.05, 0.1) is 0 Å². The lowest BCUT2D eigenvalue weighted by Gasteiger charge is -2.19. The highest BCUT2D eigenvalue weighted by Crippen LogP contribution is 2.30. The summed E-state index contributed by atoms with van der Waals surface area (Å²) in [4.78, 5) is 2.50. The molecular formula is C17H21F2NS. The van der Waals surface area contributed by atoms with Gasteiger partial charge in [0.25, 0.3) is 0 Å². The molecule has 1 heterocycles. The van der Waals surface area contributed by atoms with E-state index >= 15 is 0 Å². The van der Waals surface area contributed by atoms with Crippen molar-refractivity contribution in [3.63, 3.8) is 0 Å². The molecule has 4 heteroatoms. The molecule has 0 amide bonds. The first-order chi connectivity index (χ1) is 10.0. The standard InChI is InChI=1S/C17H21F2NS/c1-4-7-20-16(17-11(2)8-12(3)21-17)9-13-5-6-14(18)10-15(13)19/h5-6,8,10,16,20H,4,7,9H2,1-3H3. The Morgan fingerprint density at radius 3 is 2.52 bits per heavy atom. The third kappa shape index (κ3) is 4.11. The van der Waals surface area contributed by atoms with Crippen molar-refractivity contribution in [1.82, 2.24) is 5.32 Å². The summed E-state index contributed by atoms with van der Waals surface area (Å²) in [5.74, 6) is -0.998. The van der Waals surface area contributed by atoms with E-state index in [0.29, 0.717) is 12.0 Å². The molecule has 21 heavy (non-hydrogen) atoms.